The van der Waals surface area contributed by atoms with Gasteiger partial charge in [0, 0.05) is 19.8 Å². The molecule has 0 heterocycles. The Kier molecular flexibility index (Phi) is 5.00. The number of hydrogen-bond acceptors (Lipinski definition) is 4. The number of rotatable bonds is 6. The van der Waals surface area contributed by atoms with Gasteiger partial charge < -0.3 is 9.47 Å². The minimum Gasteiger partial charge on any atom is -0.349 e. The molecule has 1 aromatic carbocycles. The molecule has 0 radical (unpaired) electrons. The number of methoxy groups -OCH3 is 2. The molecular formula is C13H16O4. The Bertz CT molecular complexity index is 390. The van der Waals surface area contributed by atoms with E-state index < -0.39 is 6.29 Å². The summed E-state index contributed by atoms with van der Waals surface area (Å²) in [7, 11) is 2.73. The van der Waals surface area contributed by atoms with Crippen molar-refractivity contribution in [3.05, 3.63) is 35.4 Å². The molecule has 0 aliphatic rings. The average Bonchev–Trinajstić information content (AvgIpc) is 2.31. The summed E-state index contributed by atoms with van der Waals surface area (Å²) >= 11 is 0. The Labute approximate surface area is 101 Å². The van der Waals surface area contributed by atoms with Crippen LogP contribution in [0.15, 0.2) is 24.3 Å². The molecule has 0 unspecified atom stereocenters. The Morgan fingerprint density at radius 2 is 1.65 bits per heavy atom. The second-order valence-electron chi connectivity index (χ2n) is 3.74. The third-order valence-corrected chi connectivity index (χ3v) is 2.40. The minimum absolute atomic E-state index is 0.213. The highest BCUT2D eigenvalue weighted by atomic mass is 16.7. The van der Waals surface area contributed by atoms with Gasteiger partial charge in [0.15, 0.2) is 11.6 Å². The van der Waals surface area contributed by atoms with Crippen LogP contribution in [0, 0.1) is 6.92 Å². The van der Waals surface area contributed by atoms with Crippen molar-refractivity contribution in [3.8, 4) is 0 Å². The molecule has 0 bridgehead atoms. The van der Waals surface area contributed by atoms with Crippen LogP contribution in [0.3, 0.4) is 0 Å². The first-order valence-electron chi connectivity index (χ1n) is 5.26. The maximum atomic E-state index is 11.8. The van der Waals surface area contributed by atoms with Crippen LogP contribution < -0.4 is 0 Å². The zero-order valence-electron chi connectivity index (χ0n) is 10.2. The maximum absolute atomic E-state index is 11.8. The standard InChI is InChI=1S/C13H16O4/c1-9-4-6-10(7-5-9)11(14)8-12(15)13(16-2)17-3/h4-7,13H,8H2,1-3H3. The van der Waals surface area contributed by atoms with Gasteiger partial charge in [0.2, 0.25) is 6.29 Å². The van der Waals surface area contributed by atoms with Crippen LogP contribution in [-0.4, -0.2) is 32.1 Å². The number of ketones is 2. The van der Waals surface area contributed by atoms with Crippen molar-refractivity contribution in [2.24, 2.45) is 0 Å². The van der Waals surface area contributed by atoms with Gasteiger partial charge in [-0.1, -0.05) is 29.8 Å². The Morgan fingerprint density at radius 3 is 2.12 bits per heavy atom. The highest BCUT2D eigenvalue weighted by molar-refractivity contribution is 6.08. The lowest BCUT2D eigenvalue weighted by molar-refractivity contribution is -0.155. The van der Waals surface area contributed by atoms with E-state index in [0.717, 1.165) is 5.56 Å². The smallest absolute Gasteiger partial charge is 0.217 e. The molecule has 0 aliphatic heterocycles. The number of carbonyl (C=O) groups is 2. The second-order valence-corrected chi connectivity index (χ2v) is 3.74. The van der Waals surface area contributed by atoms with E-state index >= 15 is 0 Å². The van der Waals surface area contributed by atoms with E-state index in [1.54, 1.807) is 12.1 Å². The number of hydrogen-bond donors (Lipinski definition) is 0. The fraction of sp³-hybridized carbons (Fsp3) is 0.385. The summed E-state index contributed by atoms with van der Waals surface area (Å²) in [4.78, 5) is 23.4. The number of ether oxygens (including phenoxy) is 2. The van der Waals surface area contributed by atoms with Crippen molar-refractivity contribution in [1.82, 2.24) is 0 Å². The molecule has 1 rings (SSSR count). The molecule has 17 heavy (non-hydrogen) atoms. The molecule has 92 valence electrons. The van der Waals surface area contributed by atoms with Gasteiger partial charge in [-0.2, -0.15) is 0 Å². The third kappa shape index (κ3) is 3.76. The average molecular weight is 236 g/mol. The van der Waals surface area contributed by atoms with Gasteiger partial charge in [0.05, 0.1) is 6.42 Å². The van der Waals surface area contributed by atoms with E-state index in [2.05, 4.69) is 0 Å². The fourth-order valence-electron chi connectivity index (χ4n) is 1.44. The summed E-state index contributed by atoms with van der Waals surface area (Å²) < 4.78 is 9.59. The van der Waals surface area contributed by atoms with Crippen molar-refractivity contribution in [2.75, 3.05) is 14.2 Å². The molecule has 0 N–H and O–H groups in total. The maximum Gasteiger partial charge on any atom is 0.217 e. The lowest BCUT2D eigenvalue weighted by Crippen LogP contribution is -2.27. The van der Waals surface area contributed by atoms with Crippen molar-refractivity contribution < 1.29 is 19.1 Å². The first-order valence-corrected chi connectivity index (χ1v) is 5.26. The van der Waals surface area contributed by atoms with E-state index in [0.29, 0.717) is 5.56 Å². The summed E-state index contributed by atoms with van der Waals surface area (Å²) in [5, 5.41) is 0. The predicted octanol–water partition coefficient (Wildman–Crippen LogP) is 1.76. The van der Waals surface area contributed by atoms with Crippen molar-refractivity contribution in [1.29, 1.82) is 0 Å². The van der Waals surface area contributed by atoms with Crippen LogP contribution in [0.1, 0.15) is 22.3 Å². The van der Waals surface area contributed by atoms with Gasteiger partial charge in [0.1, 0.15) is 0 Å². The fourth-order valence-corrected chi connectivity index (χ4v) is 1.44. The second kappa shape index (κ2) is 6.27. The van der Waals surface area contributed by atoms with Gasteiger partial charge >= 0.3 is 0 Å². The molecule has 0 atom stereocenters. The number of Topliss-reactive ketones (excluding diaryl/α,β-unsaturated/α-hetero) is 2. The van der Waals surface area contributed by atoms with Crippen LogP contribution in [0.25, 0.3) is 0 Å². The quantitative estimate of drug-likeness (QED) is 0.429. The van der Waals surface area contributed by atoms with Gasteiger partial charge in [-0.25, -0.2) is 0 Å². The molecule has 0 fully saturated rings. The third-order valence-electron chi connectivity index (χ3n) is 2.40. The van der Waals surface area contributed by atoms with Crippen molar-refractivity contribution >= 4 is 11.6 Å². The highest BCUT2D eigenvalue weighted by Gasteiger charge is 2.20. The highest BCUT2D eigenvalue weighted by Crippen LogP contribution is 2.08. The summed E-state index contributed by atoms with van der Waals surface area (Å²) in [6, 6.07) is 7.09. The van der Waals surface area contributed by atoms with Gasteiger partial charge in [-0.3, -0.25) is 9.59 Å². The van der Waals surface area contributed by atoms with Crippen LogP contribution in [0.4, 0.5) is 0 Å². The molecule has 0 spiro atoms. The zero-order chi connectivity index (χ0) is 12.8. The predicted molar refractivity (Wildman–Crippen MR) is 62.9 cm³/mol. The molecule has 1 aromatic rings. The molecule has 4 nitrogen and oxygen atoms in total. The lowest BCUT2D eigenvalue weighted by atomic mass is 10.0. The van der Waals surface area contributed by atoms with Gasteiger partial charge in [-0.15, -0.1) is 0 Å². The van der Waals surface area contributed by atoms with Crippen LogP contribution >= 0.6 is 0 Å². The first kappa shape index (κ1) is 13.5. The van der Waals surface area contributed by atoms with Crippen LogP contribution in [-0.2, 0) is 14.3 Å². The van der Waals surface area contributed by atoms with E-state index in [4.69, 9.17) is 9.47 Å². The summed E-state index contributed by atoms with van der Waals surface area (Å²) in [6.07, 6.45) is -1.18. The first-order chi connectivity index (χ1) is 8.08. The van der Waals surface area contributed by atoms with Crippen molar-refractivity contribution in [2.45, 2.75) is 19.6 Å². The normalized spacial score (nSPS) is 10.6. The molecule has 4 heteroatoms. The number of carbonyl (C=O) groups excluding carboxylic acids is 2. The molecular weight excluding hydrogens is 220 g/mol. The van der Waals surface area contributed by atoms with Crippen LogP contribution in [0.5, 0.6) is 0 Å². The van der Waals surface area contributed by atoms with Gasteiger partial charge in [0.25, 0.3) is 0 Å². The Balaban J connectivity index is 2.66. The zero-order valence-corrected chi connectivity index (χ0v) is 10.2. The topological polar surface area (TPSA) is 52.6 Å². The Morgan fingerprint density at radius 1 is 1.12 bits per heavy atom. The van der Waals surface area contributed by atoms with Crippen LogP contribution in [0.2, 0.25) is 0 Å². The minimum atomic E-state index is -0.968. The number of aryl methyl sites for hydroxylation is 1. The number of benzene rings is 1. The van der Waals surface area contributed by atoms with Crippen molar-refractivity contribution in [3.63, 3.8) is 0 Å². The largest absolute Gasteiger partial charge is 0.349 e. The molecule has 0 saturated carbocycles. The van der Waals surface area contributed by atoms with E-state index in [-0.39, 0.29) is 18.0 Å². The summed E-state index contributed by atoms with van der Waals surface area (Å²) in [6.45, 7) is 1.94. The summed E-state index contributed by atoms with van der Waals surface area (Å²) in [5.74, 6) is -0.602. The SMILES string of the molecule is COC(OC)C(=O)CC(=O)c1ccc(C)cc1. The van der Waals surface area contributed by atoms with Gasteiger partial charge in [-0.05, 0) is 6.92 Å². The monoisotopic (exact) mass is 236 g/mol. The molecule has 0 aliphatic carbocycles. The summed E-state index contributed by atoms with van der Waals surface area (Å²) in [5.41, 5.74) is 1.59. The van der Waals surface area contributed by atoms with E-state index in [9.17, 15) is 9.59 Å². The molecule has 0 aromatic heterocycles. The lowest BCUT2D eigenvalue weighted by Gasteiger charge is -2.11. The van der Waals surface area contributed by atoms with E-state index in [1.807, 2.05) is 19.1 Å². The Hall–Kier alpha value is -1.52. The molecule has 0 amide bonds. The molecule has 0 saturated heterocycles. The van der Waals surface area contributed by atoms with E-state index in [1.165, 1.54) is 14.2 Å².